The van der Waals surface area contributed by atoms with E-state index >= 15 is 0 Å². The molecule has 0 aliphatic carbocycles. The molecule has 0 bridgehead atoms. The minimum Gasteiger partial charge on any atom is -0.461 e. The highest BCUT2D eigenvalue weighted by molar-refractivity contribution is 6.07. The molecule has 6 rings (SSSR count). The van der Waals surface area contributed by atoms with Gasteiger partial charge in [-0.1, -0.05) is 55.5 Å². The lowest BCUT2D eigenvalue weighted by molar-refractivity contribution is 0.0732. The summed E-state index contributed by atoms with van der Waals surface area (Å²) in [5.41, 5.74) is 5.25. The number of carbonyl (C=O) groups is 2. The number of amides is 2. The third-order valence-electron chi connectivity index (χ3n) is 7.23. The second kappa shape index (κ2) is 10.0. The van der Waals surface area contributed by atoms with Crippen molar-refractivity contribution in [3.8, 4) is 11.3 Å². The number of hydrogen-bond acceptors (Lipinski definition) is 3. The third kappa shape index (κ3) is 4.59. The Bertz CT molecular complexity index is 1630. The summed E-state index contributed by atoms with van der Waals surface area (Å²) in [5.74, 6) is 1.60. The van der Waals surface area contributed by atoms with E-state index in [1.807, 2.05) is 102 Å². The van der Waals surface area contributed by atoms with E-state index in [4.69, 9.17) is 4.42 Å². The highest BCUT2D eigenvalue weighted by atomic mass is 16.3. The first-order valence-corrected chi connectivity index (χ1v) is 13.0. The molecule has 4 aromatic carbocycles. The Kier molecular flexibility index (Phi) is 6.26. The van der Waals surface area contributed by atoms with Crippen molar-refractivity contribution in [3.63, 3.8) is 0 Å². The standard InChI is InChI=1S/C33H28N2O3/c1-2-22-10-12-25(13-11-22)32(36)34-27-16-14-24(15-17-27)31-20-26-21-35(19-18-30(26)38-31)33(37)29-9-5-7-23-6-3-4-8-28(23)29/h3-17,20H,2,18-19,21H2,1H3,(H,34,36). The molecule has 5 nitrogen and oxygen atoms in total. The minimum atomic E-state index is -0.134. The SMILES string of the molecule is CCc1ccc(C(=O)Nc2ccc(-c3cc4c(o3)CCN(C(=O)c3cccc5ccccc35)C4)cc2)cc1. The summed E-state index contributed by atoms with van der Waals surface area (Å²) < 4.78 is 6.18. The van der Waals surface area contributed by atoms with Gasteiger partial charge in [0, 0.05) is 47.5 Å². The summed E-state index contributed by atoms with van der Waals surface area (Å²) in [6.45, 7) is 3.23. The fraction of sp³-hybridized carbons (Fsp3) is 0.152. The lowest BCUT2D eigenvalue weighted by atomic mass is 10.0. The fourth-order valence-electron chi connectivity index (χ4n) is 5.04. The van der Waals surface area contributed by atoms with E-state index in [9.17, 15) is 9.59 Å². The van der Waals surface area contributed by atoms with Crippen molar-refractivity contribution in [2.45, 2.75) is 26.3 Å². The predicted molar refractivity (Wildman–Crippen MR) is 150 cm³/mol. The van der Waals surface area contributed by atoms with Gasteiger partial charge >= 0.3 is 0 Å². The molecule has 2 amide bonds. The number of aryl methyl sites for hydroxylation is 1. The van der Waals surface area contributed by atoms with Crippen molar-refractivity contribution in [2.24, 2.45) is 0 Å². The molecule has 188 valence electrons. The van der Waals surface area contributed by atoms with Crippen LogP contribution < -0.4 is 5.32 Å². The van der Waals surface area contributed by atoms with Gasteiger partial charge in [-0.2, -0.15) is 0 Å². The van der Waals surface area contributed by atoms with Gasteiger partial charge in [-0.05, 0) is 71.3 Å². The molecular weight excluding hydrogens is 472 g/mol. The highest BCUT2D eigenvalue weighted by Crippen LogP contribution is 2.31. The van der Waals surface area contributed by atoms with Crippen molar-refractivity contribution < 1.29 is 14.0 Å². The van der Waals surface area contributed by atoms with E-state index in [0.717, 1.165) is 51.1 Å². The maximum absolute atomic E-state index is 13.4. The van der Waals surface area contributed by atoms with E-state index in [0.29, 0.717) is 25.1 Å². The molecule has 0 radical (unpaired) electrons. The lowest BCUT2D eigenvalue weighted by Crippen LogP contribution is -2.35. The van der Waals surface area contributed by atoms with Crippen LogP contribution in [-0.2, 0) is 19.4 Å². The topological polar surface area (TPSA) is 62.6 Å². The van der Waals surface area contributed by atoms with Crippen molar-refractivity contribution >= 4 is 28.3 Å². The Morgan fingerprint density at radius 1 is 0.895 bits per heavy atom. The maximum atomic E-state index is 13.4. The van der Waals surface area contributed by atoms with E-state index in [-0.39, 0.29) is 11.8 Å². The Hall–Kier alpha value is -4.64. The monoisotopic (exact) mass is 500 g/mol. The van der Waals surface area contributed by atoms with Crippen LogP contribution in [0.5, 0.6) is 0 Å². The first-order valence-electron chi connectivity index (χ1n) is 13.0. The third-order valence-corrected chi connectivity index (χ3v) is 7.23. The number of hydrogen-bond donors (Lipinski definition) is 1. The average molecular weight is 501 g/mol. The summed E-state index contributed by atoms with van der Waals surface area (Å²) in [6.07, 6.45) is 1.62. The smallest absolute Gasteiger partial charge is 0.255 e. The predicted octanol–water partition coefficient (Wildman–Crippen LogP) is 7.11. The zero-order valence-electron chi connectivity index (χ0n) is 21.2. The lowest BCUT2D eigenvalue weighted by Gasteiger charge is -2.26. The molecule has 1 aromatic heterocycles. The normalized spacial score (nSPS) is 12.8. The number of furan rings is 1. The van der Waals surface area contributed by atoms with Crippen LogP contribution in [0.3, 0.4) is 0 Å². The van der Waals surface area contributed by atoms with Gasteiger partial charge in [-0.15, -0.1) is 0 Å². The molecular formula is C33H28N2O3. The molecule has 5 aromatic rings. The Labute approximate surface area is 221 Å². The molecule has 0 saturated carbocycles. The van der Waals surface area contributed by atoms with Gasteiger partial charge in [0.25, 0.3) is 11.8 Å². The molecule has 1 aliphatic heterocycles. The Balaban J connectivity index is 1.15. The van der Waals surface area contributed by atoms with Crippen molar-refractivity contribution in [3.05, 3.63) is 125 Å². The molecule has 0 unspecified atom stereocenters. The van der Waals surface area contributed by atoms with E-state index in [1.165, 1.54) is 5.56 Å². The minimum absolute atomic E-state index is 0.0413. The van der Waals surface area contributed by atoms with Gasteiger partial charge in [0.05, 0.1) is 0 Å². The van der Waals surface area contributed by atoms with Crippen molar-refractivity contribution in [1.29, 1.82) is 0 Å². The van der Waals surface area contributed by atoms with Crippen LogP contribution in [0.4, 0.5) is 5.69 Å². The van der Waals surface area contributed by atoms with Crippen molar-refractivity contribution in [1.82, 2.24) is 4.90 Å². The van der Waals surface area contributed by atoms with Crippen LogP contribution in [0.2, 0.25) is 0 Å². The summed E-state index contributed by atoms with van der Waals surface area (Å²) in [5, 5.41) is 5.00. The van der Waals surface area contributed by atoms with E-state index < -0.39 is 0 Å². The van der Waals surface area contributed by atoms with Crippen molar-refractivity contribution in [2.75, 3.05) is 11.9 Å². The maximum Gasteiger partial charge on any atom is 0.255 e. The average Bonchev–Trinajstić information content (AvgIpc) is 3.40. The number of rotatable bonds is 5. The van der Waals surface area contributed by atoms with Gasteiger partial charge in [0.15, 0.2) is 0 Å². The Morgan fingerprint density at radius 3 is 2.45 bits per heavy atom. The summed E-state index contributed by atoms with van der Waals surface area (Å²) >= 11 is 0. The summed E-state index contributed by atoms with van der Waals surface area (Å²) in [6, 6.07) is 31.2. The second-order valence-electron chi connectivity index (χ2n) is 9.64. The Morgan fingerprint density at radius 2 is 1.66 bits per heavy atom. The van der Waals surface area contributed by atoms with E-state index in [2.05, 4.69) is 12.2 Å². The van der Waals surface area contributed by atoms with Gasteiger partial charge in [0.2, 0.25) is 0 Å². The number of benzene rings is 4. The molecule has 0 atom stereocenters. The van der Waals surface area contributed by atoms with Gasteiger partial charge < -0.3 is 14.6 Å². The van der Waals surface area contributed by atoms with Gasteiger partial charge in [-0.25, -0.2) is 0 Å². The van der Waals surface area contributed by atoms with Crippen LogP contribution in [0, 0.1) is 0 Å². The van der Waals surface area contributed by atoms with Crippen LogP contribution in [0.1, 0.15) is 44.5 Å². The highest BCUT2D eigenvalue weighted by Gasteiger charge is 2.26. The molecule has 38 heavy (non-hydrogen) atoms. The fourth-order valence-corrected chi connectivity index (χ4v) is 5.04. The molecule has 5 heteroatoms. The van der Waals surface area contributed by atoms with Gasteiger partial charge in [0.1, 0.15) is 11.5 Å². The van der Waals surface area contributed by atoms with Crippen LogP contribution in [-0.4, -0.2) is 23.3 Å². The number of fused-ring (bicyclic) bond motifs is 2. The molecule has 0 fully saturated rings. The first-order chi connectivity index (χ1) is 18.6. The quantitative estimate of drug-likeness (QED) is 0.280. The summed E-state index contributed by atoms with van der Waals surface area (Å²) in [4.78, 5) is 27.9. The largest absolute Gasteiger partial charge is 0.461 e. The van der Waals surface area contributed by atoms with Crippen LogP contribution in [0.25, 0.3) is 22.1 Å². The number of carbonyl (C=O) groups excluding carboxylic acids is 2. The summed E-state index contributed by atoms with van der Waals surface area (Å²) in [7, 11) is 0. The molecule has 2 heterocycles. The molecule has 0 saturated heterocycles. The first kappa shape index (κ1) is 23.7. The molecule has 1 aliphatic rings. The number of nitrogens with zero attached hydrogens (tertiary/aromatic N) is 1. The molecule has 0 spiro atoms. The molecule has 1 N–H and O–H groups in total. The number of anilines is 1. The number of nitrogens with one attached hydrogen (secondary N) is 1. The zero-order chi connectivity index (χ0) is 26.1. The second-order valence-corrected chi connectivity index (χ2v) is 9.64. The zero-order valence-corrected chi connectivity index (χ0v) is 21.2. The van der Waals surface area contributed by atoms with Crippen LogP contribution >= 0.6 is 0 Å². The van der Waals surface area contributed by atoms with Crippen LogP contribution in [0.15, 0.2) is 101 Å². The van der Waals surface area contributed by atoms with E-state index in [1.54, 1.807) is 0 Å². The van der Waals surface area contributed by atoms with Gasteiger partial charge in [-0.3, -0.25) is 9.59 Å².